The van der Waals surface area contributed by atoms with Gasteiger partial charge in [-0.05, 0) is 0 Å². The predicted octanol–water partition coefficient (Wildman–Crippen LogP) is -0.833. The lowest BCUT2D eigenvalue weighted by Crippen LogP contribution is -2.49. The Hall–Kier alpha value is -0.910. The van der Waals surface area contributed by atoms with Crippen LogP contribution >= 0.6 is 11.8 Å². The average molecular weight is 338 g/mol. The molecular formula is C9H14N4O4S3. The van der Waals surface area contributed by atoms with Gasteiger partial charge in [0.25, 0.3) is 0 Å². The minimum Gasteiger partial charge on any atom is -0.368 e. The number of sulfone groups is 1. The molecule has 0 saturated carbocycles. The van der Waals surface area contributed by atoms with Gasteiger partial charge in [-0.15, -0.1) is 0 Å². The number of nitrogens with two attached hydrogens (primary N) is 1. The van der Waals surface area contributed by atoms with E-state index in [1.807, 2.05) is 0 Å². The first kappa shape index (κ1) is 15.5. The van der Waals surface area contributed by atoms with E-state index < -0.39 is 25.2 Å². The highest BCUT2D eigenvalue weighted by atomic mass is 32.2. The maximum atomic E-state index is 12.5. The lowest BCUT2D eigenvalue weighted by atomic mass is 10.6. The Morgan fingerprint density at radius 2 is 1.90 bits per heavy atom. The SMILES string of the molecule is CS(=O)(=O)C1CSCCN1S(=O)(=O)c1cnc(N)nc1. The van der Waals surface area contributed by atoms with E-state index in [-0.39, 0.29) is 23.1 Å². The molecule has 8 nitrogen and oxygen atoms in total. The van der Waals surface area contributed by atoms with Crippen LogP contribution in [0.15, 0.2) is 17.3 Å². The normalized spacial score (nSPS) is 21.8. The second kappa shape index (κ2) is 5.47. The lowest BCUT2D eigenvalue weighted by molar-refractivity contribution is 0.404. The van der Waals surface area contributed by atoms with Crippen LogP contribution in [0.1, 0.15) is 0 Å². The molecule has 1 aliphatic heterocycles. The summed E-state index contributed by atoms with van der Waals surface area (Å²) in [5.41, 5.74) is 5.32. The monoisotopic (exact) mass is 338 g/mol. The first-order chi connectivity index (χ1) is 9.23. The molecule has 0 spiro atoms. The third kappa shape index (κ3) is 3.05. The highest BCUT2D eigenvalue weighted by Crippen LogP contribution is 2.26. The first-order valence-electron chi connectivity index (χ1n) is 5.59. The van der Waals surface area contributed by atoms with Crippen molar-refractivity contribution < 1.29 is 16.8 Å². The smallest absolute Gasteiger partial charge is 0.247 e. The summed E-state index contributed by atoms with van der Waals surface area (Å²) in [5, 5.41) is -1.07. The van der Waals surface area contributed by atoms with Crippen LogP contribution in [0.4, 0.5) is 5.95 Å². The van der Waals surface area contributed by atoms with E-state index in [9.17, 15) is 16.8 Å². The van der Waals surface area contributed by atoms with E-state index in [1.165, 1.54) is 11.8 Å². The second-order valence-electron chi connectivity index (χ2n) is 4.25. The fourth-order valence-electron chi connectivity index (χ4n) is 1.77. The van der Waals surface area contributed by atoms with Gasteiger partial charge in [-0.1, -0.05) is 0 Å². The van der Waals surface area contributed by atoms with Gasteiger partial charge < -0.3 is 5.73 Å². The summed E-state index contributed by atoms with van der Waals surface area (Å²) in [4.78, 5) is 7.11. The summed E-state index contributed by atoms with van der Waals surface area (Å²) in [6.07, 6.45) is 3.20. The summed E-state index contributed by atoms with van der Waals surface area (Å²) in [6, 6.07) is 0. The molecule has 1 saturated heterocycles. The van der Waals surface area contributed by atoms with Gasteiger partial charge in [0.15, 0.2) is 9.84 Å². The van der Waals surface area contributed by atoms with Crippen LogP contribution in [0.2, 0.25) is 0 Å². The molecule has 0 bridgehead atoms. The molecule has 0 aliphatic carbocycles. The minimum absolute atomic E-state index is 0.0437. The van der Waals surface area contributed by atoms with Crippen molar-refractivity contribution in [3.8, 4) is 0 Å². The van der Waals surface area contributed by atoms with Crippen LogP contribution < -0.4 is 5.73 Å². The molecule has 20 heavy (non-hydrogen) atoms. The highest BCUT2D eigenvalue weighted by molar-refractivity contribution is 8.01. The zero-order chi connectivity index (χ0) is 15.0. The molecule has 0 aromatic carbocycles. The number of nitrogen functional groups attached to an aromatic ring is 1. The van der Waals surface area contributed by atoms with Crippen molar-refractivity contribution in [1.82, 2.24) is 14.3 Å². The number of nitrogens with zero attached hydrogens (tertiary/aromatic N) is 3. The van der Waals surface area contributed by atoms with E-state index in [2.05, 4.69) is 9.97 Å². The van der Waals surface area contributed by atoms with E-state index in [1.54, 1.807) is 0 Å². The van der Waals surface area contributed by atoms with Crippen LogP contribution in [-0.2, 0) is 19.9 Å². The van der Waals surface area contributed by atoms with Crippen LogP contribution in [-0.4, -0.2) is 60.8 Å². The van der Waals surface area contributed by atoms with Crippen molar-refractivity contribution in [2.75, 3.05) is 30.0 Å². The third-order valence-electron chi connectivity index (χ3n) is 2.79. The van der Waals surface area contributed by atoms with Crippen LogP contribution in [0.5, 0.6) is 0 Å². The zero-order valence-electron chi connectivity index (χ0n) is 10.6. The fraction of sp³-hybridized carbons (Fsp3) is 0.556. The number of rotatable bonds is 3. The molecule has 1 fully saturated rings. The molecule has 1 aromatic heterocycles. The number of anilines is 1. The topological polar surface area (TPSA) is 123 Å². The Morgan fingerprint density at radius 1 is 1.30 bits per heavy atom. The van der Waals surface area contributed by atoms with E-state index in [0.29, 0.717) is 5.75 Å². The minimum atomic E-state index is -3.95. The Bertz CT molecular complexity index is 686. The molecule has 11 heteroatoms. The zero-order valence-corrected chi connectivity index (χ0v) is 13.1. The molecular weight excluding hydrogens is 324 g/mol. The largest absolute Gasteiger partial charge is 0.368 e. The molecule has 2 heterocycles. The number of sulfonamides is 1. The maximum Gasteiger partial charge on any atom is 0.247 e. The molecule has 1 atom stereocenters. The molecule has 1 aliphatic rings. The van der Waals surface area contributed by atoms with Crippen molar-refractivity contribution in [3.63, 3.8) is 0 Å². The molecule has 0 amide bonds. The van der Waals surface area contributed by atoms with Crippen molar-refractivity contribution in [2.24, 2.45) is 0 Å². The summed E-state index contributed by atoms with van der Waals surface area (Å²) in [6.45, 7) is 0.134. The van der Waals surface area contributed by atoms with Gasteiger partial charge in [0.05, 0.1) is 12.4 Å². The van der Waals surface area contributed by atoms with Gasteiger partial charge in [0, 0.05) is 24.3 Å². The summed E-state index contributed by atoms with van der Waals surface area (Å²) in [5.74, 6) is 0.715. The molecule has 1 unspecified atom stereocenters. The van der Waals surface area contributed by atoms with E-state index >= 15 is 0 Å². The Labute approximate surface area is 121 Å². The molecule has 2 rings (SSSR count). The summed E-state index contributed by atoms with van der Waals surface area (Å²) < 4.78 is 49.5. The molecule has 0 radical (unpaired) electrons. The van der Waals surface area contributed by atoms with Crippen LogP contribution in [0.25, 0.3) is 0 Å². The van der Waals surface area contributed by atoms with Crippen LogP contribution in [0.3, 0.4) is 0 Å². The number of thioether (sulfide) groups is 1. The van der Waals surface area contributed by atoms with Crippen molar-refractivity contribution in [3.05, 3.63) is 12.4 Å². The molecule has 1 aromatic rings. The van der Waals surface area contributed by atoms with Gasteiger partial charge in [0.2, 0.25) is 16.0 Å². The Kier molecular flexibility index (Phi) is 4.23. The molecule has 112 valence electrons. The van der Waals surface area contributed by atoms with Gasteiger partial charge in [-0.3, -0.25) is 0 Å². The van der Waals surface area contributed by atoms with Gasteiger partial charge in [-0.2, -0.15) is 16.1 Å². The fourth-order valence-corrected chi connectivity index (χ4v) is 6.83. The number of hydrogen-bond acceptors (Lipinski definition) is 8. The lowest BCUT2D eigenvalue weighted by Gasteiger charge is -2.32. The van der Waals surface area contributed by atoms with E-state index in [4.69, 9.17) is 5.73 Å². The Balaban J connectivity index is 2.43. The van der Waals surface area contributed by atoms with E-state index in [0.717, 1.165) is 23.0 Å². The summed E-state index contributed by atoms with van der Waals surface area (Å²) >= 11 is 1.41. The second-order valence-corrected chi connectivity index (χ2v) is 9.50. The average Bonchev–Trinajstić information content (AvgIpc) is 2.38. The third-order valence-corrected chi connectivity index (χ3v) is 7.42. The van der Waals surface area contributed by atoms with Gasteiger partial charge in [0.1, 0.15) is 10.3 Å². The van der Waals surface area contributed by atoms with Crippen molar-refractivity contribution in [1.29, 1.82) is 0 Å². The van der Waals surface area contributed by atoms with Crippen LogP contribution in [0, 0.1) is 0 Å². The first-order valence-corrected chi connectivity index (χ1v) is 10.1. The number of hydrogen-bond donors (Lipinski definition) is 1. The standard InChI is InChI=1S/C9H14N4O4S3/c1-19(14,15)8-6-18-3-2-13(8)20(16,17)7-4-11-9(10)12-5-7/h4-5,8H,2-3,6H2,1H3,(H2,10,11,12). The predicted molar refractivity (Wildman–Crippen MR) is 76.3 cm³/mol. The highest BCUT2D eigenvalue weighted by Gasteiger charge is 2.39. The van der Waals surface area contributed by atoms with Gasteiger partial charge in [-0.25, -0.2) is 26.8 Å². The molecule has 2 N–H and O–H groups in total. The van der Waals surface area contributed by atoms with Gasteiger partial charge >= 0.3 is 0 Å². The number of aromatic nitrogens is 2. The maximum absolute atomic E-state index is 12.5. The quantitative estimate of drug-likeness (QED) is 0.757. The van der Waals surface area contributed by atoms with Crippen molar-refractivity contribution >= 4 is 37.6 Å². The Morgan fingerprint density at radius 3 is 2.45 bits per heavy atom. The summed E-state index contributed by atoms with van der Waals surface area (Å²) in [7, 11) is -7.46. The van der Waals surface area contributed by atoms with Crippen molar-refractivity contribution in [2.45, 2.75) is 10.3 Å².